The molecular weight excluding hydrogens is 422 g/mol. The van der Waals surface area contributed by atoms with Gasteiger partial charge in [-0.15, -0.1) is 0 Å². The average Bonchev–Trinajstić information content (AvgIpc) is 3.23. The molecular formula is C23H26F2N2O3S. The average molecular weight is 449 g/mol. The van der Waals surface area contributed by atoms with Crippen LogP contribution in [0.3, 0.4) is 0 Å². The van der Waals surface area contributed by atoms with Crippen LogP contribution in [0.25, 0.3) is 0 Å². The summed E-state index contributed by atoms with van der Waals surface area (Å²) in [5, 5.41) is 2.83. The van der Waals surface area contributed by atoms with Crippen molar-refractivity contribution in [2.24, 2.45) is 5.92 Å². The first-order chi connectivity index (χ1) is 14.8. The number of aryl methyl sites for hydroxylation is 2. The minimum Gasteiger partial charge on any atom is -0.349 e. The third-order valence-corrected chi connectivity index (χ3v) is 8.23. The Labute approximate surface area is 181 Å². The molecule has 1 saturated heterocycles. The second-order valence-corrected chi connectivity index (χ2v) is 10.3. The highest BCUT2D eigenvalue weighted by molar-refractivity contribution is 7.89. The van der Waals surface area contributed by atoms with Crippen LogP contribution in [0.2, 0.25) is 0 Å². The van der Waals surface area contributed by atoms with Crippen LogP contribution >= 0.6 is 0 Å². The van der Waals surface area contributed by atoms with Gasteiger partial charge in [-0.1, -0.05) is 12.1 Å². The third-order valence-electron chi connectivity index (χ3n) is 6.33. The lowest BCUT2D eigenvalue weighted by molar-refractivity contribution is -0.126. The number of hydrogen-bond donors (Lipinski definition) is 1. The van der Waals surface area contributed by atoms with E-state index in [4.69, 9.17) is 0 Å². The van der Waals surface area contributed by atoms with Gasteiger partial charge in [-0.25, -0.2) is 17.2 Å². The molecule has 2 aromatic rings. The Morgan fingerprint density at radius 3 is 2.45 bits per heavy atom. The van der Waals surface area contributed by atoms with Gasteiger partial charge in [0.2, 0.25) is 15.9 Å². The molecule has 0 saturated carbocycles. The Hall–Kier alpha value is -2.32. The number of amides is 1. The van der Waals surface area contributed by atoms with Crippen LogP contribution in [0, 0.1) is 17.6 Å². The van der Waals surface area contributed by atoms with Crippen molar-refractivity contribution in [3.63, 3.8) is 0 Å². The van der Waals surface area contributed by atoms with Gasteiger partial charge in [-0.05, 0) is 80.0 Å². The molecule has 4 rings (SSSR count). The molecule has 1 heterocycles. The van der Waals surface area contributed by atoms with Crippen molar-refractivity contribution in [2.75, 3.05) is 13.1 Å². The summed E-state index contributed by atoms with van der Waals surface area (Å²) in [5.41, 5.74) is 2.81. The van der Waals surface area contributed by atoms with E-state index in [1.807, 2.05) is 6.07 Å². The summed E-state index contributed by atoms with van der Waals surface area (Å²) in [6.07, 6.45) is 3.81. The van der Waals surface area contributed by atoms with Gasteiger partial charge in [0.05, 0.1) is 10.9 Å². The van der Waals surface area contributed by atoms with Crippen molar-refractivity contribution in [3.05, 3.63) is 64.7 Å². The number of halogens is 2. The van der Waals surface area contributed by atoms with Gasteiger partial charge < -0.3 is 5.32 Å². The highest BCUT2D eigenvalue weighted by Gasteiger charge is 2.33. The first-order valence-electron chi connectivity index (χ1n) is 10.6. The Morgan fingerprint density at radius 1 is 1.03 bits per heavy atom. The molecule has 31 heavy (non-hydrogen) atoms. The molecule has 0 bridgehead atoms. The third kappa shape index (κ3) is 4.50. The van der Waals surface area contributed by atoms with Gasteiger partial charge in [0, 0.05) is 19.0 Å². The highest BCUT2D eigenvalue weighted by atomic mass is 32.2. The minimum absolute atomic E-state index is 0.202. The number of fused-ring (bicyclic) bond motifs is 1. The molecule has 1 atom stereocenters. The number of nitrogens with zero attached hydrogens (tertiary/aromatic N) is 1. The number of hydrogen-bond acceptors (Lipinski definition) is 3. The molecule has 0 radical (unpaired) electrons. The Balaban J connectivity index is 1.36. The molecule has 2 aliphatic rings. The van der Waals surface area contributed by atoms with E-state index in [9.17, 15) is 22.0 Å². The largest absolute Gasteiger partial charge is 0.349 e. The molecule has 1 N–H and O–H groups in total. The molecule has 5 nitrogen and oxygen atoms in total. The molecule has 166 valence electrons. The summed E-state index contributed by atoms with van der Waals surface area (Å²) in [6.45, 7) is 2.26. The van der Waals surface area contributed by atoms with E-state index in [2.05, 4.69) is 5.32 Å². The maximum Gasteiger partial charge on any atom is 0.243 e. The summed E-state index contributed by atoms with van der Waals surface area (Å²) in [4.78, 5) is 13.0. The number of nitrogens with one attached hydrogen (secondary N) is 1. The van der Waals surface area contributed by atoms with Gasteiger partial charge in [-0.3, -0.25) is 4.79 Å². The summed E-state index contributed by atoms with van der Waals surface area (Å²) in [6, 6.07) is 8.46. The zero-order valence-electron chi connectivity index (χ0n) is 17.4. The van der Waals surface area contributed by atoms with Crippen LogP contribution in [-0.4, -0.2) is 31.7 Å². The lowest BCUT2D eigenvalue weighted by Crippen LogP contribution is -2.43. The molecule has 2 aromatic carbocycles. The van der Waals surface area contributed by atoms with Crippen molar-refractivity contribution < 1.29 is 22.0 Å². The quantitative estimate of drug-likeness (QED) is 0.758. The predicted octanol–water partition coefficient (Wildman–Crippen LogP) is 3.73. The first kappa shape index (κ1) is 21.9. The van der Waals surface area contributed by atoms with E-state index >= 15 is 0 Å². The number of carbonyl (C=O) groups is 1. The van der Waals surface area contributed by atoms with Crippen molar-refractivity contribution in [1.82, 2.24) is 9.62 Å². The van der Waals surface area contributed by atoms with Gasteiger partial charge in [0.25, 0.3) is 0 Å². The standard InChI is InChI=1S/C23H26F2N2O3S/c1-15(18-6-8-21(24)22(25)14-18)26-23(28)17-9-11-27(12-10-17)31(29,30)20-7-5-16-3-2-4-19(16)13-20/h5-8,13-15,17H,2-4,9-12H2,1H3,(H,26,28). The first-order valence-corrected chi connectivity index (χ1v) is 12.1. The van der Waals surface area contributed by atoms with Crippen molar-refractivity contribution >= 4 is 15.9 Å². The Bertz CT molecular complexity index is 1100. The van der Waals surface area contributed by atoms with Crippen LogP contribution in [0.15, 0.2) is 41.3 Å². The summed E-state index contributed by atoms with van der Waals surface area (Å²) in [7, 11) is -3.58. The van der Waals surface area contributed by atoms with Gasteiger partial charge in [0.15, 0.2) is 11.6 Å². The molecule has 0 spiro atoms. The molecule has 1 aliphatic carbocycles. The monoisotopic (exact) mass is 448 g/mol. The van der Waals surface area contributed by atoms with E-state index in [-0.39, 0.29) is 24.9 Å². The van der Waals surface area contributed by atoms with Crippen LogP contribution < -0.4 is 5.32 Å². The molecule has 1 amide bonds. The minimum atomic E-state index is -3.58. The van der Waals surface area contributed by atoms with Gasteiger partial charge in [0.1, 0.15) is 0 Å². The molecule has 8 heteroatoms. The van der Waals surface area contributed by atoms with E-state index in [1.165, 1.54) is 15.9 Å². The van der Waals surface area contributed by atoms with Crippen molar-refractivity contribution in [2.45, 2.75) is 50.0 Å². The van der Waals surface area contributed by atoms with Crippen molar-refractivity contribution in [3.8, 4) is 0 Å². The molecule has 1 aliphatic heterocycles. The summed E-state index contributed by atoms with van der Waals surface area (Å²) < 4.78 is 54.1. The van der Waals surface area contributed by atoms with Crippen LogP contribution in [0.5, 0.6) is 0 Å². The Kier molecular flexibility index (Phi) is 6.12. The molecule has 1 fully saturated rings. The van der Waals surface area contributed by atoms with E-state index in [1.54, 1.807) is 19.1 Å². The van der Waals surface area contributed by atoms with Crippen LogP contribution in [-0.2, 0) is 27.7 Å². The van der Waals surface area contributed by atoms with Gasteiger partial charge >= 0.3 is 0 Å². The smallest absolute Gasteiger partial charge is 0.243 e. The van der Waals surface area contributed by atoms with Gasteiger partial charge in [-0.2, -0.15) is 4.31 Å². The fourth-order valence-electron chi connectivity index (χ4n) is 4.41. The van der Waals surface area contributed by atoms with E-state index in [0.29, 0.717) is 23.3 Å². The number of sulfonamides is 1. The van der Waals surface area contributed by atoms with Crippen molar-refractivity contribution in [1.29, 1.82) is 0 Å². The van der Waals surface area contributed by atoms with Crippen LogP contribution in [0.1, 0.15) is 48.9 Å². The number of rotatable bonds is 5. The van der Waals surface area contributed by atoms with Crippen LogP contribution in [0.4, 0.5) is 8.78 Å². The zero-order valence-corrected chi connectivity index (χ0v) is 18.2. The number of benzene rings is 2. The zero-order chi connectivity index (χ0) is 22.2. The topological polar surface area (TPSA) is 66.5 Å². The molecule has 1 unspecified atom stereocenters. The Morgan fingerprint density at radius 2 is 1.74 bits per heavy atom. The second kappa shape index (κ2) is 8.67. The summed E-state index contributed by atoms with van der Waals surface area (Å²) >= 11 is 0. The second-order valence-electron chi connectivity index (χ2n) is 8.37. The van der Waals surface area contributed by atoms with E-state index in [0.717, 1.165) is 37.0 Å². The SMILES string of the molecule is CC(NC(=O)C1CCN(S(=O)(=O)c2ccc3c(c2)CCC3)CC1)c1ccc(F)c(F)c1. The lowest BCUT2D eigenvalue weighted by Gasteiger charge is -2.31. The summed E-state index contributed by atoms with van der Waals surface area (Å²) in [5.74, 6) is -2.41. The van der Waals surface area contributed by atoms with E-state index < -0.39 is 27.7 Å². The maximum absolute atomic E-state index is 13.4. The lowest BCUT2D eigenvalue weighted by atomic mass is 9.96. The number of carbonyl (C=O) groups excluding carboxylic acids is 1. The molecule has 0 aromatic heterocycles. The number of piperidine rings is 1. The fraction of sp³-hybridized carbons (Fsp3) is 0.435. The normalized spacial score (nSPS) is 18.5. The maximum atomic E-state index is 13.4. The fourth-order valence-corrected chi connectivity index (χ4v) is 5.93. The predicted molar refractivity (Wildman–Crippen MR) is 113 cm³/mol. The highest BCUT2D eigenvalue weighted by Crippen LogP contribution is 2.29.